The zero-order valence-electron chi connectivity index (χ0n) is 12.4. The summed E-state index contributed by atoms with van der Waals surface area (Å²) in [5.74, 6) is 0.903. The van der Waals surface area contributed by atoms with Gasteiger partial charge in [-0.05, 0) is 25.7 Å². The molecule has 0 aliphatic carbocycles. The van der Waals surface area contributed by atoms with E-state index in [0.717, 1.165) is 12.8 Å². The van der Waals surface area contributed by atoms with E-state index in [1.807, 2.05) is 11.9 Å². The molecule has 2 aliphatic heterocycles. The molecule has 0 aromatic carbocycles. The molecule has 5 heteroatoms. The van der Waals surface area contributed by atoms with Gasteiger partial charge in [-0.1, -0.05) is 20.8 Å². The summed E-state index contributed by atoms with van der Waals surface area (Å²) in [5.41, 5.74) is 0. The lowest BCUT2D eigenvalue weighted by Gasteiger charge is -2.36. The van der Waals surface area contributed by atoms with Gasteiger partial charge in [0.25, 0.3) is 0 Å². The van der Waals surface area contributed by atoms with Gasteiger partial charge in [0.2, 0.25) is 5.91 Å². The van der Waals surface area contributed by atoms with Crippen molar-refractivity contribution in [3.8, 4) is 0 Å². The van der Waals surface area contributed by atoms with Crippen LogP contribution in [0.25, 0.3) is 0 Å². The van der Waals surface area contributed by atoms with Crippen LogP contribution in [0.5, 0.6) is 0 Å². The molecule has 2 atom stereocenters. The molecule has 2 heterocycles. The minimum Gasteiger partial charge on any atom is -0.342 e. The summed E-state index contributed by atoms with van der Waals surface area (Å²) in [7, 11) is 1.99. The molecule has 2 fully saturated rings. The summed E-state index contributed by atoms with van der Waals surface area (Å²) in [6, 6.07) is 1.76. The Hall–Kier alpha value is 0.0700. The number of nitrogens with one attached hydrogen (secondary N) is 1. The van der Waals surface area contributed by atoms with Gasteiger partial charge in [0.05, 0.1) is 5.75 Å². The normalized spacial score (nSPS) is 29.8. The maximum absolute atomic E-state index is 12.2. The summed E-state index contributed by atoms with van der Waals surface area (Å²) in [6.07, 6.45) is 4.86. The zero-order chi connectivity index (χ0) is 13.3. The van der Waals surface area contributed by atoms with Crippen molar-refractivity contribution in [1.29, 1.82) is 0 Å². The second-order valence-corrected chi connectivity index (χ2v) is 8.47. The van der Waals surface area contributed by atoms with E-state index in [9.17, 15) is 4.79 Å². The van der Waals surface area contributed by atoms with Crippen LogP contribution in [0.1, 0.15) is 46.5 Å². The molecule has 2 saturated heterocycles. The third-order valence-corrected chi connectivity index (χ3v) is 5.28. The molecule has 112 valence electrons. The van der Waals surface area contributed by atoms with E-state index >= 15 is 0 Å². The Labute approximate surface area is 127 Å². The van der Waals surface area contributed by atoms with Crippen LogP contribution in [0, 0.1) is 0 Å². The van der Waals surface area contributed by atoms with Crippen molar-refractivity contribution < 1.29 is 4.79 Å². The average Bonchev–Trinajstić information content (AvgIpc) is 2.63. The number of hydrogen-bond donors (Lipinski definition) is 1. The lowest BCUT2D eigenvalue weighted by Crippen LogP contribution is -2.49. The molecule has 0 spiro atoms. The predicted octanol–water partition coefficient (Wildman–Crippen LogP) is 2.68. The molecule has 1 N–H and O–H groups in total. The standard InChI is InChI=1S/C14H26N2OS.ClH/c1-14(2,3)18-9-13(17)16(4)12-7-10-5-6-11(8-12)15-10;/h10-12,15H,5-9H2,1-4H3;1H. The molecule has 3 nitrogen and oxygen atoms in total. The van der Waals surface area contributed by atoms with E-state index in [-0.39, 0.29) is 17.2 Å². The number of hydrogen-bond acceptors (Lipinski definition) is 3. The monoisotopic (exact) mass is 306 g/mol. The van der Waals surface area contributed by atoms with Crippen molar-refractivity contribution >= 4 is 30.1 Å². The summed E-state index contributed by atoms with van der Waals surface area (Å²) in [4.78, 5) is 14.2. The maximum atomic E-state index is 12.2. The first-order valence-electron chi connectivity index (χ1n) is 7.01. The van der Waals surface area contributed by atoms with Crippen LogP contribution in [-0.2, 0) is 4.79 Å². The van der Waals surface area contributed by atoms with Crippen LogP contribution in [-0.4, -0.2) is 46.5 Å². The molecule has 2 bridgehead atoms. The third kappa shape index (κ3) is 4.83. The van der Waals surface area contributed by atoms with E-state index < -0.39 is 0 Å². The second kappa shape index (κ2) is 6.68. The minimum atomic E-state index is 0. The number of thioether (sulfide) groups is 1. The molecule has 19 heavy (non-hydrogen) atoms. The topological polar surface area (TPSA) is 32.3 Å². The van der Waals surface area contributed by atoms with Gasteiger partial charge < -0.3 is 10.2 Å². The van der Waals surface area contributed by atoms with E-state index in [1.54, 1.807) is 11.8 Å². The van der Waals surface area contributed by atoms with Gasteiger partial charge in [-0.25, -0.2) is 0 Å². The van der Waals surface area contributed by atoms with Crippen LogP contribution in [0.2, 0.25) is 0 Å². The van der Waals surface area contributed by atoms with Gasteiger partial charge in [-0.15, -0.1) is 24.2 Å². The number of carbonyl (C=O) groups is 1. The van der Waals surface area contributed by atoms with Crippen molar-refractivity contribution in [2.24, 2.45) is 0 Å². The van der Waals surface area contributed by atoms with Gasteiger partial charge in [0, 0.05) is 29.9 Å². The molecule has 2 aliphatic rings. The highest BCUT2D eigenvalue weighted by Crippen LogP contribution is 2.30. The van der Waals surface area contributed by atoms with Crippen molar-refractivity contribution in [3.63, 3.8) is 0 Å². The number of halogens is 1. The predicted molar refractivity (Wildman–Crippen MR) is 85.2 cm³/mol. The van der Waals surface area contributed by atoms with E-state index in [1.165, 1.54) is 12.8 Å². The number of fused-ring (bicyclic) bond motifs is 2. The summed E-state index contributed by atoms with van der Waals surface area (Å²) >= 11 is 1.74. The minimum absolute atomic E-state index is 0. The Balaban J connectivity index is 0.00000180. The first kappa shape index (κ1) is 17.1. The Kier molecular flexibility index (Phi) is 6.02. The fourth-order valence-corrected chi connectivity index (χ4v) is 3.69. The number of rotatable bonds is 3. The molecule has 0 radical (unpaired) electrons. The molecule has 0 aromatic heterocycles. The second-order valence-electron chi connectivity index (χ2n) is 6.67. The number of nitrogens with zero attached hydrogens (tertiary/aromatic N) is 1. The smallest absolute Gasteiger partial charge is 0.232 e. The van der Waals surface area contributed by atoms with Crippen LogP contribution >= 0.6 is 24.2 Å². The molecule has 0 aromatic rings. The molecular formula is C14H27ClN2OS. The van der Waals surface area contributed by atoms with Crippen molar-refractivity contribution in [1.82, 2.24) is 10.2 Å². The zero-order valence-corrected chi connectivity index (χ0v) is 14.1. The van der Waals surface area contributed by atoms with Gasteiger partial charge in [0.1, 0.15) is 0 Å². The highest BCUT2D eigenvalue weighted by molar-refractivity contribution is 8.01. The molecule has 2 rings (SSSR count). The van der Waals surface area contributed by atoms with E-state index in [2.05, 4.69) is 26.1 Å². The van der Waals surface area contributed by atoms with Crippen LogP contribution in [0.3, 0.4) is 0 Å². The summed E-state index contributed by atoms with van der Waals surface area (Å²) < 4.78 is 0.170. The Morgan fingerprint density at radius 3 is 2.26 bits per heavy atom. The number of carbonyl (C=O) groups excluding carboxylic acids is 1. The molecule has 0 saturated carbocycles. The van der Waals surface area contributed by atoms with Crippen molar-refractivity contribution in [2.75, 3.05) is 12.8 Å². The maximum Gasteiger partial charge on any atom is 0.232 e. The molecule has 2 unspecified atom stereocenters. The lowest BCUT2D eigenvalue weighted by atomic mass is 9.98. The summed E-state index contributed by atoms with van der Waals surface area (Å²) in [6.45, 7) is 6.49. The Morgan fingerprint density at radius 1 is 1.26 bits per heavy atom. The van der Waals surface area contributed by atoms with Crippen molar-refractivity contribution in [2.45, 2.75) is 69.3 Å². The number of amides is 1. The van der Waals surface area contributed by atoms with E-state index in [4.69, 9.17) is 0 Å². The highest BCUT2D eigenvalue weighted by Gasteiger charge is 2.36. The van der Waals surface area contributed by atoms with Crippen LogP contribution in [0.4, 0.5) is 0 Å². The van der Waals surface area contributed by atoms with Gasteiger partial charge in [-0.3, -0.25) is 4.79 Å². The lowest BCUT2D eigenvalue weighted by molar-refractivity contribution is -0.129. The molecule has 1 amide bonds. The van der Waals surface area contributed by atoms with Gasteiger partial charge in [-0.2, -0.15) is 0 Å². The quantitative estimate of drug-likeness (QED) is 0.870. The SMILES string of the molecule is CN(C(=O)CSC(C)(C)C)C1CC2CCC(C1)N2.Cl. The number of piperidine rings is 1. The Bertz CT molecular complexity index is 307. The van der Waals surface area contributed by atoms with Crippen LogP contribution < -0.4 is 5.32 Å². The fourth-order valence-electron chi connectivity index (χ4n) is 2.93. The summed E-state index contributed by atoms with van der Waals surface area (Å²) in [5, 5.41) is 3.63. The highest BCUT2D eigenvalue weighted by atomic mass is 35.5. The Morgan fingerprint density at radius 2 is 1.79 bits per heavy atom. The largest absolute Gasteiger partial charge is 0.342 e. The first-order chi connectivity index (χ1) is 8.35. The van der Waals surface area contributed by atoms with Crippen molar-refractivity contribution in [3.05, 3.63) is 0 Å². The van der Waals surface area contributed by atoms with E-state index in [0.29, 0.717) is 29.8 Å². The average molecular weight is 307 g/mol. The fraction of sp³-hybridized carbons (Fsp3) is 0.929. The van der Waals surface area contributed by atoms with Gasteiger partial charge in [0.15, 0.2) is 0 Å². The first-order valence-corrected chi connectivity index (χ1v) is 7.99. The third-order valence-electron chi connectivity index (χ3n) is 4.02. The van der Waals surface area contributed by atoms with Crippen LogP contribution in [0.15, 0.2) is 0 Å². The molecular weight excluding hydrogens is 280 g/mol. The van der Waals surface area contributed by atoms with Gasteiger partial charge >= 0.3 is 0 Å².